The first-order valence-corrected chi connectivity index (χ1v) is 9.88. The molecule has 2 amide bonds. The first-order valence-electron chi connectivity index (χ1n) is 7.48. The summed E-state index contributed by atoms with van der Waals surface area (Å²) in [7, 11) is 0. The minimum atomic E-state index is -0.586. The molecule has 0 saturated heterocycles. The van der Waals surface area contributed by atoms with Crippen LogP contribution in [0.1, 0.15) is 29.9 Å². The van der Waals surface area contributed by atoms with Gasteiger partial charge in [0.25, 0.3) is 5.91 Å². The molecule has 2 aromatic rings. The van der Waals surface area contributed by atoms with Gasteiger partial charge in [-0.2, -0.15) is 0 Å². The summed E-state index contributed by atoms with van der Waals surface area (Å²) in [4.78, 5) is 25.5. The number of para-hydroxylation sites is 1. The van der Waals surface area contributed by atoms with E-state index >= 15 is 0 Å². The molecule has 0 spiro atoms. The Labute approximate surface area is 162 Å². The third-order valence-electron chi connectivity index (χ3n) is 3.24. The molecule has 4 nitrogen and oxygen atoms in total. The SMILES string of the molecule is CC(C)C[C@H](NC(=O)c1cc(Br)c(Br)s1)C(=O)Nc1ccccc1. The maximum Gasteiger partial charge on any atom is 0.262 e. The quantitative estimate of drug-likeness (QED) is 0.616. The van der Waals surface area contributed by atoms with Crippen molar-refractivity contribution in [3.05, 3.63) is 49.5 Å². The number of carbonyl (C=O) groups excluding carboxylic acids is 2. The average Bonchev–Trinajstić information content (AvgIpc) is 2.86. The summed E-state index contributed by atoms with van der Waals surface area (Å²) in [5.41, 5.74) is 0.715. The maximum absolute atomic E-state index is 12.5. The first kappa shape index (κ1) is 19.1. The molecule has 0 aliphatic heterocycles. The number of hydrogen-bond donors (Lipinski definition) is 2. The van der Waals surface area contributed by atoms with Crippen molar-refractivity contribution in [3.63, 3.8) is 0 Å². The summed E-state index contributed by atoms with van der Waals surface area (Å²) in [5.74, 6) is -0.183. The fourth-order valence-electron chi connectivity index (χ4n) is 2.14. The van der Waals surface area contributed by atoms with Crippen LogP contribution in [0.5, 0.6) is 0 Å². The van der Waals surface area contributed by atoms with E-state index in [1.165, 1.54) is 11.3 Å². The summed E-state index contributed by atoms with van der Waals surface area (Å²) in [6.45, 7) is 4.04. The molecule has 0 radical (unpaired) electrons. The highest BCUT2D eigenvalue weighted by atomic mass is 79.9. The average molecular weight is 474 g/mol. The number of nitrogens with one attached hydrogen (secondary N) is 2. The number of amides is 2. The Morgan fingerprint density at radius 1 is 1.17 bits per heavy atom. The number of thiophene rings is 1. The van der Waals surface area contributed by atoms with Crippen molar-refractivity contribution in [2.75, 3.05) is 5.32 Å². The van der Waals surface area contributed by atoms with Gasteiger partial charge in [-0.25, -0.2) is 0 Å². The molecule has 128 valence electrons. The number of carbonyl (C=O) groups is 2. The van der Waals surface area contributed by atoms with Crippen LogP contribution in [0.25, 0.3) is 0 Å². The van der Waals surface area contributed by atoms with Crippen LogP contribution in [-0.2, 0) is 4.79 Å². The molecule has 0 fully saturated rings. The Kier molecular flexibility index (Phi) is 7.01. The van der Waals surface area contributed by atoms with Gasteiger partial charge in [-0.15, -0.1) is 11.3 Å². The van der Waals surface area contributed by atoms with Gasteiger partial charge in [0.05, 0.1) is 8.66 Å². The Morgan fingerprint density at radius 3 is 2.38 bits per heavy atom. The topological polar surface area (TPSA) is 58.2 Å². The van der Waals surface area contributed by atoms with Crippen LogP contribution in [0.3, 0.4) is 0 Å². The molecule has 2 rings (SSSR count). The van der Waals surface area contributed by atoms with Gasteiger partial charge in [0.2, 0.25) is 5.91 Å². The van der Waals surface area contributed by atoms with E-state index in [0.29, 0.717) is 17.0 Å². The largest absolute Gasteiger partial charge is 0.340 e. The lowest BCUT2D eigenvalue weighted by molar-refractivity contribution is -0.118. The molecule has 1 aromatic carbocycles. The Balaban J connectivity index is 2.09. The van der Waals surface area contributed by atoms with Gasteiger partial charge in [0.1, 0.15) is 6.04 Å². The molecule has 0 aliphatic rings. The van der Waals surface area contributed by atoms with Gasteiger partial charge in [0, 0.05) is 10.2 Å². The summed E-state index contributed by atoms with van der Waals surface area (Å²) in [5, 5.41) is 5.70. The predicted octanol–water partition coefficient (Wildman–Crippen LogP) is 5.06. The van der Waals surface area contributed by atoms with Crippen LogP contribution in [0, 0.1) is 5.92 Å². The summed E-state index contributed by atoms with van der Waals surface area (Å²) < 4.78 is 1.67. The van der Waals surface area contributed by atoms with Crippen LogP contribution in [0.2, 0.25) is 0 Å². The molecule has 0 aliphatic carbocycles. The minimum Gasteiger partial charge on any atom is -0.340 e. The zero-order chi connectivity index (χ0) is 17.7. The molecule has 0 saturated carbocycles. The lowest BCUT2D eigenvalue weighted by Gasteiger charge is -2.20. The van der Waals surface area contributed by atoms with E-state index in [0.717, 1.165) is 8.26 Å². The molecule has 1 atom stereocenters. The number of halogens is 2. The van der Waals surface area contributed by atoms with Crippen molar-refractivity contribution < 1.29 is 9.59 Å². The van der Waals surface area contributed by atoms with Gasteiger partial charge in [0.15, 0.2) is 0 Å². The van der Waals surface area contributed by atoms with Crippen molar-refractivity contribution in [1.29, 1.82) is 0 Å². The van der Waals surface area contributed by atoms with E-state index in [1.807, 2.05) is 44.2 Å². The lowest BCUT2D eigenvalue weighted by atomic mass is 10.0. The monoisotopic (exact) mass is 472 g/mol. The van der Waals surface area contributed by atoms with Crippen LogP contribution < -0.4 is 10.6 Å². The van der Waals surface area contributed by atoms with Crippen molar-refractivity contribution in [1.82, 2.24) is 5.32 Å². The smallest absolute Gasteiger partial charge is 0.262 e. The zero-order valence-electron chi connectivity index (χ0n) is 13.3. The van der Waals surface area contributed by atoms with Crippen LogP contribution >= 0.6 is 43.2 Å². The van der Waals surface area contributed by atoms with E-state index in [-0.39, 0.29) is 17.7 Å². The van der Waals surface area contributed by atoms with Crippen molar-refractivity contribution in [2.24, 2.45) is 5.92 Å². The van der Waals surface area contributed by atoms with Gasteiger partial charge in [-0.1, -0.05) is 32.0 Å². The van der Waals surface area contributed by atoms with Gasteiger partial charge >= 0.3 is 0 Å². The molecule has 7 heteroatoms. The molecule has 1 aromatic heterocycles. The summed E-state index contributed by atoms with van der Waals surface area (Å²) >= 11 is 8.07. The molecule has 0 unspecified atom stereocenters. The van der Waals surface area contributed by atoms with E-state index in [2.05, 4.69) is 42.5 Å². The highest BCUT2D eigenvalue weighted by Crippen LogP contribution is 2.32. The Morgan fingerprint density at radius 2 is 1.83 bits per heavy atom. The number of hydrogen-bond acceptors (Lipinski definition) is 3. The minimum absolute atomic E-state index is 0.210. The standard InChI is InChI=1S/C17H18Br2N2O2S/c1-10(2)8-13(16(22)20-11-6-4-3-5-7-11)21-17(23)14-9-12(18)15(19)24-14/h3-7,9-10,13H,8H2,1-2H3,(H,20,22)(H,21,23)/t13-/m0/s1. The molecular formula is C17H18Br2N2O2S. The predicted molar refractivity (Wildman–Crippen MR) is 105 cm³/mol. The summed E-state index contributed by atoms with van der Waals surface area (Å²) in [6, 6.07) is 10.4. The second-order valence-corrected chi connectivity index (χ2v) is 8.97. The molecule has 2 N–H and O–H groups in total. The first-order chi connectivity index (χ1) is 11.4. The Bertz CT molecular complexity index is 697. The lowest BCUT2D eigenvalue weighted by Crippen LogP contribution is -2.44. The summed E-state index contributed by atoms with van der Waals surface area (Å²) in [6.07, 6.45) is 0.568. The number of rotatable bonds is 6. The third-order valence-corrected chi connectivity index (χ3v) is 6.49. The number of anilines is 1. The van der Waals surface area contributed by atoms with Gasteiger partial charge in [-0.05, 0) is 62.4 Å². The van der Waals surface area contributed by atoms with Gasteiger partial charge in [-0.3, -0.25) is 9.59 Å². The maximum atomic E-state index is 12.5. The molecule has 0 bridgehead atoms. The molecule has 24 heavy (non-hydrogen) atoms. The third kappa shape index (κ3) is 5.43. The van der Waals surface area contributed by atoms with Gasteiger partial charge < -0.3 is 10.6 Å². The van der Waals surface area contributed by atoms with Crippen molar-refractivity contribution in [3.8, 4) is 0 Å². The normalized spacial score (nSPS) is 12.0. The van der Waals surface area contributed by atoms with Crippen LogP contribution in [0.4, 0.5) is 5.69 Å². The van der Waals surface area contributed by atoms with E-state index in [4.69, 9.17) is 0 Å². The van der Waals surface area contributed by atoms with E-state index in [9.17, 15) is 9.59 Å². The fourth-order valence-corrected chi connectivity index (χ4v) is 4.08. The highest BCUT2D eigenvalue weighted by molar-refractivity contribution is 9.13. The zero-order valence-corrected chi connectivity index (χ0v) is 17.3. The Hall–Kier alpha value is -1.18. The van der Waals surface area contributed by atoms with E-state index < -0.39 is 6.04 Å². The second kappa shape index (κ2) is 8.78. The van der Waals surface area contributed by atoms with Crippen molar-refractivity contribution in [2.45, 2.75) is 26.3 Å². The molecule has 1 heterocycles. The van der Waals surface area contributed by atoms with E-state index in [1.54, 1.807) is 6.07 Å². The van der Waals surface area contributed by atoms with Crippen LogP contribution in [0.15, 0.2) is 44.7 Å². The van der Waals surface area contributed by atoms with Crippen LogP contribution in [-0.4, -0.2) is 17.9 Å². The number of benzene rings is 1. The highest BCUT2D eigenvalue weighted by Gasteiger charge is 2.23. The van der Waals surface area contributed by atoms with Crippen molar-refractivity contribution >= 4 is 60.7 Å². The fraction of sp³-hybridized carbons (Fsp3) is 0.294. The molecular weight excluding hydrogens is 456 g/mol. The second-order valence-electron chi connectivity index (χ2n) is 5.74.